The van der Waals surface area contributed by atoms with Gasteiger partial charge in [0.1, 0.15) is 5.82 Å². The first-order chi connectivity index (χ1) is 14.6. The van der Waals surface area contributed by atoms with E-state index in [4.69, 9.17) is 0 Å². The van der Waals surface area contributed by atoms with Crippen LogP contribution in [0, 0.1) is 0 Å². The van der Waals surface area contributed by atoms with Crippen LogP contribution in [0.5, 0.6) is 0 Å². The van der Waals surface area contributed by atoms with E-state index in [1.54, 1.807) is 24.0 Å². The van der Waals surface area contributed by atoms with Crippen LogP contribution in [0.25, 0.3) is 6.08 Å². The molecule has 1 amide bonds. The van der Waals surface area contributed by atoms with Crippen LogP contribution >= 0.6 is 0 Å². The van der Waals surface area contributed by atoms with Gasteiger partial charge in [0.05, 0.1) is 18.3 Å². The summed E-state index contributed by atoms with van der Waals surface area (Å²) in [6.07, 6.45) is 5.67. The number of carbonyl (C=O) groups is 1. The third kappa shape index (κ3) is 5.09. The molecule has 0 atom stereocenters. The number of anilines is 1. The van der Waals surface area contributed by atoms with Crippen LogP contribution in [0.2, 0.25) is 0 Å². The smallest absolute Gasteiger partial charge is 0.307 e. The first-order valence-electron chi connectivity index (χ1n) is 9.93. The van der Waals surface area contributed by atoms with Gasteiger partial charge in [0.25, 0.3) is 5.56 Å². The molecule has 1 N–H and O–H groups in total. The molecular weight excluding hydrogens is 394 g/mol. The second-order valence-electron chi connectivity index (χ2n) is 8.49. The lowest BCUT2D eigenvalue weighted by Crippen LogP contribution is -2.37. The Morgan fingerprint density at radius 2 is 1.77 bits per heavy atom. The topological polar surface area (TPSA) is 90.9 Å². The summed E-state index contributed by atoms with van der Waals surface area (Å²) in [4.78, 5) is 36.3. The van der Waals surface area contributed by atoms with Crippen molar-refractivity contribution in [3.8, 4) is 0 Å². The monoisotopic (exact) mass is 421 g/mol. The highest BCUT2D eigenvalue weighted by atomic mass is 16.2. The molecule has 0 radical (unpaired) electrons. The number of aryl methyl sites for hydroxylation is 1. The van der Waals surface area contributed by atoms with Crippen LogP contribution in [0.3, 0.4) is 0 Å². The molecule has 3 aromatic rings. The number of benzene rings is 1. The quantitative estimate of drug-likeness (QED) is 0.640. The van der Waals surface area contributed by atoms with Crippen LogP contribution in [0.4, 0.5) is 5.82 Å². The number of nitrogens with zero attached hydrogens (tertiary/aromatic N) is 4. The Morgan fingerprint density at radius 3 is 2.42 bits per heavy atom. The second-order valence-corrected chi connectivity index (χ2v) is 8.49. The summed E-state index contributed by atoms with van der Waals surface area (Å²) in [5.41, 5.74) is 1.76. The van der Waals surface area contributed by atoms with E-state index in [1.807, 2.05) is 0 Å². The van der Waals surface area contributed by atoms with Crippen molar-refractivity contribution in [2.45, 2.75) is 32.7 Å². The van der Waals surface area contributed by atoms with Crippen LogP contribution in [0.15, 0.2) is 58.4 Å². The average Bonchev–Trinajstić information content (AvgIpc) is 3.14. The predicted octanol–water partition coefficient (Wildman–Crippen LogP) is 2.28. The fraction of sp³-hybridized carbons (Fsp3) is 0.304. The highest BCUT2D eigenvalue weighted by Crippen LogP contribution is 2.22. The van der Waals surface area contributed by atoms with Crippen molar-refractivity contribution in [2.75, 3.05) is 5.32 Å². The minimum atomic E-state index is -0.462. The fourth-order valence-corrected chi connectivity index (χ4v) is 3.13. The Kier molecular flexibility index (Phi) is 6.10. The van der Waals surface area contributed by atoms with Gasteiger partial charge in [0.2, 0.25) is 5.91 Å². The fourth-order valence-electron chi connectivity index (χ4n) is 3.13. The maximum atomic E-state index is 12.4. The lowest BCUT2D eigenvalue weighted by atomic mass is 9.87. The van der Waals surface area contributed by atoms with Gasteiger partial charge in [-0.3, -0.25) is 14.2 Å². The van der Waals surface area contributed by atoms with E-state index in [1.165, 1.54) is 35.5 Å². The summed E-state index contributed by atoms with van der Waals surface area (Å²) < 4.78 is 3.99. The summed E-state index contributed by atoms with van der Waals surface area (Å²) in [5.74, 6) is 0.142. The Morgan fingerprint density at radius 1 is 1.10 bits per heavy atom. The minimum Gasteiger partial charge on any atom is -0.307 e. The number of amides is 1. The summed E-state index contributed by atoms with van der Waals surface area (Å²) in [6.45, 7) is 7.02. The molecule has 0 aliphatic rings. The molecule has 0 saturated heterocycles. The van der Waals surface area contributed by atoms with E-state index in [0.717, 1.165) is 10.1 Å². The van der Waals surface area contributed by atoms with Gasteiger partial charge in [-0.25, -0.2) is 9.48 Å². The first-order valence-corrected chi connectivity index (χ1v) is 9.93. The molecule has 31 heavy (non-hydrogen) atoms. The zero-order valence-electron chi connectivity index (χ0n) is 18.4. The molecule has 0 bridgehead atoms. The van der Waals surface area contributed by atoms with Crippen molar-refractivity contribution >= 4 is 17.8 Å². The highest BCUT2D eigenvalue weighted by Gasteiger charge is 2.13. The predicted molar refractivity (Wildman–Crippen MR) is 121 cm³/mol. The number of nitrogens with one attached hydrogen (secondary N) is 1. The molecule has 0 fully saturated rings. The lowest BCUT2D eigenvalue weighted by Gasteiger charge is -2.19. The maximum Gasteiger partial charge on any atom is 0.330 e. The maximum absolute atomic E-state index is 12.4. The summed E-state index contributed by atoms with van der Waals surface area (Å²) in [6, 6.07) is 10.0. The highest BCUT2D eigenvalue weighted by molar-refractivity contribution is 6.01. The molecule has 0 unspecified atom stereocenters. The molecule has 0 spiro atoms. The third-order valence-electron chi connectivity index (χ3n) is 5.01. The van der Waals surface area contributed by atoms with E-state index in [-0.39, 0.29) is 11.0 Å². The first kappa shape index (κ1) is 22.0. The largest absolute Gasteiger partial charge is 0.330 e. The Hall–Kier alpha value is -3.68. The van der Waals surface area contributed by atoms with E-state index in [9.17, 15) is 14.4 Å². The number of rotatable bonds is 5. The molecule has 0 saturated carbocycles. The SMILES string of the molecule is Cn1cc(/C=C/C(=O)Nc2ccnn2Cc2ccc(C(C)(C)C)cc2)c(=O)n(C)c1=O. The Labute approximate surface area is 180 Å². The standard InChI is InChI=1S/C23H27N5O3/c1-23(2,3)18-9-6-16(7-10-18)14-28-19(12-13-24-28)25-20(29)11-8-17-15-26(4)22(31)27(5)21(17)30/h6-13,15H,14H2,1-5H3,(H,25,29)/b11-8+. The number of hydrogen-bond donors (Lipinski definition) is 1. The van der Waals surface area contributed by atoms with Crippen molar-refractivity contribution in [1.82, 2.24) is 18.9 Å². The van der Waals surface area contributed by atoms with Gasteiger partial charge in [0, 0.05) is 32.4 Å². The van der Waals surface area contributed by atoms with Crippen LogP contribution < -0.4 is 16.6 Å². The van der Waals surface area contributed by atoms with Crippen molar-refractivity contribution in [1.29, 1.82) is 0 Å². The van der Waals surface area contributed by atoms with Crippen LogP contribution in [0.1, 0.15) is 37.5 Å². The summed E-state index contributed by atoms with van der Waals surface area (Å²) >= 11 is 0. The normalized spacial score (nSPS) is 11.8. The molecule has 8 nitrogen and oxygen atoms in total. The number of hydrogen-bond acceptors (Lipinski definition) is 4. The van der Waals surface area contributed by atoms with E-state index in [0.29, 0.717) is 12.4 Å². The Balaban J connectivity index is 1.72. The molecule has 162 valence electrons. The van der Waals surface area contributed by atoms with Gasteiger partial charge < -0.3 is 9.88 Å². The zero-order valence-corrected chi connectivity index (χ0v) is 18.4. The second kappa shape index (κ2) is 8.59. The number of carbonyl (C=O) groups excluding carboxylic acids is 1. The van der Waals surface area contributed by atoms with Gasteiger partial charge in [0.15, 0.2) is 0 Å². The molecule has 8 heteroatoms. The molecular formula is C23H27N5O3. The van der Waals surface area contributed by atoms with E-state index < -0.39 is 17.2 Å². The zero-order chi connectivity index (χ0) is 22.8. The van der Waals surface area contributed by atoms with Crippen molar-refractivity contribution in [3.63, 3.8) is 0 Å². The van der Waals surface area contributed by atoms with Crippen molar-refractivity contribution in [2.24, 2.45) is 14.1 Å². The van der Waals surface area contributed by atoms with Crippen molar-refractivity contribution in [3.05, 3.63) is 86.3 Å². The molecule has 0 aliphatic heterocycles. The van der Waals surface area contributed by atoms with Crippen LogP contribution in [-0.2, 0) is 30.8 Å². The van der Waals surface area contributed by atoms with Gasteiger partial charge in [-0.05, 0) is 22.6 Å². The summed E-state index contributed by atoms with van der Waals surface area (Å²) in [7, 11) is 2.94. The third-order valence-corrected chi connectivity index (χ3v) is 5.01. The molecule has 2 heterocycles. The van der Waals surface area contributed by atoms with Gasteiger partial charge >= 0.3 is 5.69 Å². The molecule has 2 aromatic heterocycles. The average molecular weight is 422 g/mol. The molecule has 1 aromatic carbocycles. The Bertz CT molecular complexity index is 1240. The van der Waals surface area contributed by atoms with E-state index >= 15 is 0 Å². The minimum absolute atomic E-state index is 0.0851. The lowest BCUT2D eigenvalue weighted by molar-refractivity contribution is -0.111. The van der Waals surface area contributed by atoms with Gasteiger partial charge in [-0.1, -0.05) is 45.0 Å². The van der Waals surface area contributed by atoms with Gasteiger partial charge in [-0.2, -0.15) is 5.10 Å². The van der Waals surface area contributed by atoms with E-state index in [2.05, 4.69) is 55.5 Å². The summed E-state index contributed by atoms with van der Waals surface area (Å²) in [5, 5.41) is 7.06. The van der Waals surface area contributed by atoms with Crippen LogP contribution in [-0.4, -0.2) is 24.8 Å². The molecule has 0 aliphatic carbocycles. The van der Waals surface area contributed by atoms with Crippen molar-refractivity contribution < 1.29 is 4.79 Å². The van der Waals surface area contributed by atoms with Gasteiger partial charge in [-0.15, -0.1) is 0 Å². The molecule has 3 rings (SSSR count). The number of aromatic nitrogens is 4.